The molecule has 3 aromatic rings. The summed E-state index contributed by atoms with van der Waals surface area (Å²) < 4.78 is 28.4. The number of pyridine rings is 1. The van der Waals surface area contributed by atoms with Crippen LogP contribution in [0.4, 0.5) is 14.5 Å². The van der Waals surface area contributed by atoms with Crippen molar-refractivity contribution in [3.8, 4) is 0 Å². The van der Waals surface area contributed by atoms with Gasteiger partial charge in [-0.2, -0.15) is 0 Å². The number of hydrogen-bond donors (Lipinski definition) is 2. The highest BCUT2D eigenvalue weighted by atomic mass is 19.3. The molecule has 11 heteroatoms. The van der Waals surface area contributed by atoms with E-state index in [4.69, 9.17) is 0 Å². The van der Waals surface area contributed by atoms with Gasteiger partial charge in [-0.15, -0.1) is 0 Å². The number of aromatic nitrogens is 3. The highest BCUT2D eigenvalue weighted by Gasteiger charge is 2.25. The van der Waals surface area contributed by atoms with E-state index in [-0.39, 0.29) is 11.3 Å². The largest absolute Gasteiger partial charge is 0.367 e. The molecule has 34 heavy (non-hydrogen) atoms. The standard InChI is InChI=1S/C23H26F2N6O3/c1-3-31-22(33)15-5-4-14(12-17(15)28-23(31)34)13-29-8-10-30(11-9-29)18-7-6-16(21(32)26-2)27-19(18)20(24)25/h4-7,12,20H,3,8-11,13H2,1-2H3,(H,26,32)(H,28,34). The van der Waals surface area contributed by atoms with E-state index in [1.54, 1.807) is 19.1 Å². The molecule has 1 amide bonds. The van der Waals surface area contributed by atoms with Crippen molar-refractivity contribution >= 4 is 22.5 Å². The second-order valence-corrected chi connectivity index (χ2v) is 8.10. The molecule has 1 fully saturated rings. The lowest BCUT2D eigenvalue weighted by Crippen LogP contribution is -2.46. The number of carbonyl (C=O) groups is 1. The van der Waals surface area contributed by atoms with Gasteiger partial charge in [0.25, 0.3) is 17.9 Å². The van der Waals surface area contributed by atoms with Gasteiger partial charge in [0.05, 0.1) is 16.6 Å². The minimum Gasteiger partial charge on any atom is -0.367 e. The molecule has 2 N–H and O–H groups in total. The lowest BCUT2D eigenvalue weighted by atomic mass is 10.1. The Kier molecular flexibility index (Phi) is 6.73. The van der Waals surface area contributed by atoms with Crippen LogP contribution in [0.2, 0.25) is 0 Å². The van der Waals surface area contributed by atoms with Gasteiger partial charge in [-0.1, -0.05) is 6.07 Å². The Morgan fingerprint density at radius 2 is 1.88 bits per heavy atom. The predicted molar refractivity (Wildman–Crippen MR) is 125 cm³/mol. The second kappa shape index (κ2) is 9.72. The maximum atomic E-state index is 13.6. The van der Waals surface area contributed by atoms with Gasteiger partial charge in [0.1, 0.15) is 11.4 Å². The van der Waals surface area contributed by atoms with Crippen LogP contribution in [0.3, 0.4) is 0 Å². The first-order valence-corrected chi connectivity index (χ1v) is 11.1. The van der Waals surface area contributed by atoms with Crippen molar-refractivity contribution in [2.24, 2.45) is 0 Å². The summed E-state index contributed by atoms with van der Waals surface area (Å²) in [5.41, 5.74) is 0.586. The third-order valence-electron chi connectivity index (χ3n) is 6.05. The molecule has 3 heterocycles. The average molecular weight is 472 g/mol. The van der Waals surface area contributed by atoms with Gasteiger partial charge in [0.2, 0.25) is 0 Å². The van der Waals surface area contributed by atoms with Crippen LogP contribution in [0.5, 0.6) is 0 Å². The van der Waals surface area contributed by atoms with Crippen molar-refractivity contribution in [3.63, 3.8) is 0 Å². The topological polar surface area (TPSA) is 103 Å². The number of benzene rings is 1. The number of rotatable bonds is 6. The first-order chi connectivity index (χ1) is 16.3. The number of aromatic amines is 1. The summed E-state index contributed by atoms with van der Waals surface area (Å²) in [5, 5.41) is 2.85. The quantitative estimate of drug-likeness (QED) is 0.567. The summed E-state index contributed by atoms with van der Waals surface area (Å²) >= 11 is 0. The fraction of sp³-hybridized carbons (Fsp3) is 0.391. The number of nitrogens with one attached hydrogen (secondary N) is 2. The van der Waals surface area contributed by atoms with Crippen molar-refractivity contribution in [2.45, 2.75) is 26.4 Å². The number of nitrogens with zero attached hydrogens (tertiary/aromatic N) is 4. The van der Waals surface area contributed by atoms with E-state index >= 15 is 0 Å². The molecule has 1 saturated heterocycles. The van der Waals surface area contributed by atoms with E-state index in [0.29, 0.717) is 55.9 Å². The minimum absolute atomic E-state index is 0.0415. The molecule has 0 atom stereocenters. The third-order valence-corrected chi connectivity index (χ3v) is 6.05. The first-order valence-electron chi connectivity index (χ1n) is 11.1. The third kappa shape index (κ3) is 4.56. The van der Waals surface area contributed by atoms with E-state index in [1.807, 2.05) is 11.0 Å². The van der Waals surface area contributed by atoms with E-state index < -0.39 is 23.7 Å². The zero-order valence-corrected chi connectivity index (χ0v) is 19.0. The molecule has 0 spiro atoms. The number of fused-ring (bicyclic) bond motifs is 1. The monoisotopic (exact) mass is 472 g/mol. The van der Waals surface area contributed by atoms with Gasteiger partial charge < -0.3 is 15.2 Å². The van der Waals surface area contributed by atoms with Crippen molar-refractivity contribution < 1.29 is 13.6 Å². The molecule has 1 aliphatic heterocycles. The lowest BCUT2D eigenvalue weighted by Gasteiger charge is -2.36. The normalized spacial score (nSPS) is 14.7. The SMILES string of the molecule is CCn1c(=O)[nH]c2cc(CN3CCN(c4ccc(C(=O)NC)nc4C(F)F)CC3)ccc2c1=O. The second-order valence-electron chi connectivity index (χ2n) is 8.10. The fourth-order valence-corrected chi connectivity index (χ4v) is 4.24. The summed E-state index contributed by atoms with van der Waals surface area (Å²) in [6.07, 6.45) is -2.80. The maximum Gasteiger partial charge on any atom is 0.328 e. The smallest absolute Gasteiger partial charge is 0.328 e. The van der Waals surface area contributed by atoms with E-state index in [2.05, 4.69) is 20.2 Å². The molecule has 0 saturated carbocycles. The van der Waals surface area contributed by atoms with Crippen LogP contribution in [0.15, 0.2) is 39.9 Å². The molecule has 1 aromatic carbocycles. The molecule has 2 aromatic heterocycles. The molecule has 180 valence electrons. The summed E-state index contributed by atoms with van der Waals surface area (Å²) in [6.45, 7) is 4.94. The summed E-state index contributed by atoms with van der Waals surface area (Å²) in [4.78, 5) is 47.0. The number of halogens is 2. The van der Waals surface area contributed by atoms with Crippen LogP contribution in [-0.2, 0) is 13.1 Å². The van der Waals surface area contributed by atoms with Crippen LogP contribution in [-0.4, -0.2) is 58.6 Å². The molecule has 0 aliphatic carbocycles. The number of amides is 1. The summed E-state index contributed by atoms with van der Waals surface area (Å²) in [6, 6.07) is 8.37. The van der Waals surface area contributed by atoms with E-state index in [1.165, 1.54) is 19.2 Å². The van der Waals surface area contributed by atoms with Crippen molar-refractivity contribution in [3.05, 3.63) is 68.1 Å². The molecule has 0 bridgehead atoms. The Balaban J connectivity index is 1.47. The Hall–Kier alpha value is -3.60. The van der Waals surface area contributed by atoms with Crippen LogP contribution in [0.1, 0.15) is 35.1 Å². The summed E-state index contributed by atoms with van der Waals surface area (Å²) in [7, 11) is 1.42. The van der Waals surface area contributed by atoms with Crippen LogP contribution >= 0.6 is 0 Å². The molecular formula is C23H26F2N6O3. The number of alkyl halides is 2. The van der Waals surface area contributed by atoms with Gasteiger partial charge in [0.15, 0.2) is 0 Å². The van der Waals surface area contributed by atoms with Crippen LogP contribution in [0.25, 0.3) is 10.9 Å². The van der Waals surface area contributed by atoms with Gasteiger partial charge in [-0.05, 0) is 36.8 Å². The van der Waals surface area contributed by atoms with E-state index in [0.717, 1.165) is 10.1 Å². The van der Waals surface area contributed by atoms with Gasteiger partial charge in [-0.25, -0.2) is 18.6 Å². The highest BCUT2D eigenvalue weighted by molar-refractivity contribution is 5.92. The van der Waals surface area contributed by atoms with Crippen LogP contribution in [0, 0.1) is 0 Å². The zero-order valence-electron chi connectivity index (χ0n) is 19.0. The lowest BCUT2D eigenvalue weighted by molar-refractivity contribution is 0.0956. The molecule has 1 aliphatic rings. The molecular weight excluding hydrogens is 446 g/mol. The number of carbonyl (C=O) groups excluding carboxylic acids is 1. The Bertz CT molecular complexity index is 1330. The Labute approximate surface area is 194 Å². The predicted octanol–water partition coefficient (Wildman–Crippen LogP) is 1.72. The van der Waals surface area contributed by atoms with Gasteiger partial charge in [-0.3, -0.25) is 19.1 Å². The molecule has 9 nitrogen and oxygen atoms in total. The number of anilines is 1. The van der Waals surface area contributed by atoms with Gasteiger partial charge >= 0.3 is 5.69 Å². The number of piperazine rings is 1. The fourth-order valence-electron chi connectivity index (χ4n) is 4.24. The summed E-state index contributed by atoms with van der Waals surface area (Å²) in [5.74, 6) is -0.511. The number of hydrogen-bond acceptors (Lipinski definition) is 6. The highest BCUT2D eigenvalue weighted by Crippen LogP contribution is 2.29. The van der Waals surface area contributed by atoms with Gasteiger partial charge in [0, 0.05) is 46.3 Å². The first kappa shape index (κ1) is 23.6. The zero-order chi connectivity index (χ0) is 24.4. The molecule has 0 radical (unpaired) electrons. The average Bonchev–Trinajstić information content (AvgIpc) is 2.83. The molecule has 0 unspecified atom stereocenters. The molecule has 4 rings (SSSR count). The van der Waals surface area contributed by atoms with Crippen molar-refractivity contribution in [1.29, 1.82) is 0 Å². The maximum absolute atomic E-state index is 13.6. The van der Waals surface area contributed by atoms with Crippen LogP contribution < -0.4 is 21.5 Å². The minimum atomic E-state index is -2.80. The Morgan fingerprint density at radius 1 is 1.15 bits per heavy atom. The Morgan fingerprint density at radius 3 is 2.53 bits per heavy atom. The van der Waals surface area contributed by atoms with Crippen molar-refractivity contribution in [2.75, 3.05) is 38.1 Å². The van der Waals surface area contributed by atoms with Crippen molar-refractivity contribution in [1.82, 2.24) is 24.8 Å². The van der Waals surface area contributed by atoms with E-state index in [9.17, 15) is 23.2 Å². The number of H-pyrrole nitrogens is 1.